The largest absolute Gasteiger partial charge is 0.390 e. The second kappa shape index (κ2) is 8.20. The standard InChI is InChI=1S/C17H28N4O3/c1-2-4-21-17(23)10-14-11-20(5-3-16(14)18-21)13-15(22)12-19-6-8-24-9-7-19/h10,15,22H,2-9,11-13H2,1H3/t15-/m0/s1. The van der Waals surface area contributed by atoms with E-state index in [1.54, 1.807) is 10.7 Å². The Labute approximate surface area is 142 Å². The molecule has 0 unspecified atom stereocenters. The molecule has 24 heavy (non-hydrogen) atoms. The average Bonchev–Trinajstić information content (AvgIpc) is 2.57. The number of nitrogens with zero attached hydrogens (tertiary/aromatic N) is 4. The van der Waals surface area contributed by atoms with E-state index in [1.807, 2.05) is 6.92 Å². The molecule has 7 nitrogen and oxygen atoms in total. The first kappa shape index (κ1) is 17.5. The van der Waals surface area contributed by atoms with Crippen molar-refractivity contribution in [2.45, 2.75) is 39.0 Å². The predicted molar refractivity (Wildman–Crippen MR) is 91.0 cm³/mol. The van der Waals surface area contributed by atoms with Gasteiger partial charge in [-0.05, 0) is 12.0 Å². The van der Waals surface area contributed by atoms with Gasteiger partial charge in [0.15, 0.2) is 0 Å². The zero-order valence-electron chi connectivity index (χ0n) is 14.5. The highest BCUT2D eigenvalue weighted by molar-refractivity contribution is 5.20. The summed E-state index contributed by atoms with van der Waals surface area (Å²) in [6, 6.07) is 1.72. The van der Waals surface area contributed by atoms with E-state index in [4.69, 9.17) is 4.74 Å². The van der Waals surface area contributed by atoms with Crippen LogP contribution < -0.4 is 5.56 Å². The lowest BCUT2D eigenvalue weighted by Crippen LogP contribution is -2.45. The first-order valence-electron chi connectivity index (χ1n) is 8.96. The molecule has 1 atom stereocenters. The highest BCUT2D eigenvalue weighted by Gasteiger charge is 2.22. The number of morpholine rings is 1. The summed E-state index contributed by atoms with van der Waals surface area (Å²) < 4.78 is 6.91. The van der Waals surface area contributed by atoms with Gasteiger partial charge in [-0.25, -0.2) is 4.68 Å². The first-order valence-corrected chi connectivity index (χ1v) is 8.96. The molecule has 134 valence electrons. The summed E-state index contributed by atoms with van der Waals surface area (Å²) in [5.74, 6) is 0. The van der Waals surface area contributed by atoms with Gasteiger partial charge in [-0.15, -0.1) is 0 Å². The Hall–Kier alpha value is -1.28. The van der Waals surface area contributed by atoms with Crippen molar-refractivity contribution in [3.63, 3.8) is 0 Å². The molecule has 0 saturated carbocycles. The van der Waals surface area contributed by atoms with Crippen molar-refractivity contribution >= 4 is 0 Å². The Balaban J connectivity index is 1.56. The zero-order chi connectivity index (χ0) is 16.9. The molecule has 7 heteroatoms. The molecular formula is C17H28N4O3. The van der Waals surface area contributed by atoms with Gasteiger partial charge in [0.1, 0.15) is 0 Å². The Morgan fingerprint density at radius 2 is 2.00 bits per heavy atom. The third-order valence-corrected chi connectivity index (χ3v) is 4.70. The summed E-state index contributed by atoms with van der Waals surface area (Å²) in [7, 11) is 0. The Kier molecular flexibility index (Phi) is 5.99. The highest BCUT2D eigenvalue weighted by Crippen LogP contribution is 2.15. The van der Waals surface area contributed by atoms with Crippen LogP contribution in [-0.2, 0) is 24.2 Å². The second-order valence-electron chi connectivity index (χ2n) is 6.73. The van der Waals surface area contributed by atoms with E-state index in [9.17, 15) is 9.90 Å². The van der Waals surface area contributed by atoms with Gasteiger partial charge in [0.05, 0.1) is 25.0 Å². The van der Waals surface area contributed by atoms with E-state index in [0.29, 0.717) is 26.2 Å². The summed E-state index contributed by atoms with van der Waals surface area (Å²) in [5.41, 5.74) is 2.02. The van der Waals surface area contributed by atoms with Crippen molar-refractivity contribution in [2.75, 3.05) is 45.9 Å². The van der Waals surface area contributed by atoms with Crippen molar-refractivity contribution in [1.29, 1.82) is 0 Å². The number of aliphatic hydroxyl groups is 1. The average molecular weight is 336 g/mol. The molecule has 1 N–H and O–H groups in total. The second-order valence-corrected chi connectivity index (χ2v) is 6.73. The number of fused-ring (bicyclic) bond motifs is 1. The molecule has 0 spiro atoms. The lowest BCUT2D eigenvalue weighted by molar-refractivity contribution is 0.00578. The molecule has 0 amide bonds. The van der Waals surface area contributed by atoms with Crippen molar-refractivity contribution in [3.8, 4) is 0 Å². The smallest absolute Gasteiger partial charge is 0.267 e. The van der Waals surface area contributed by atoms with E-state index in [-0.39, 0.29) is 11.7 Å². The number of hydrogen-bond donors (Lipinski definition) is 1. The number of β-amino-alcohol motifs (C(OH)–C–C–N with tert-alkyl or cyclic N) is 1. The van der Waals surface area contributed by atoms with Gasteiger partial charge < -0.3 is 9.84 Å². The van der Waals surface area contributed by atoms with Crippen LogP contribution in [0, 0.1) is 0 Å². The molecule has 1 saturated heterocycles. The SMILES string of the molecule is CCCn1nc2c(cc1=O)CN(C[C@@H](O)CN1CCOCC1)CC2. The fourth-order valence-electron chi connectivity index (χ4n) is 3.46. The van der Waals surface area contributed by atoms with Crippen LogP contribution >= 0.6 is 0 Å². The summed E-state index contributed by atoms with van der Waals surface area (Å²) in [6.07, 6.45) is 1.37. The maximum Gasteiger partial charge on any atom is 0.267 e. The minimum Gasteiger partial charge on any atom is -0.390 e. The molecule has 1 aromatic heterocycles. The highest BCUT2D eigenvalue weighted by atomic mass is 16.5. The van der Waals surface area contributed by atoms with E-state index in [0.717, 1.165) is 56.9 Å². The van der Waals surface area contributed by atoms with Crippen LogP contribution in [0.15, 0.2) is 10.9 Å². The Morgan fingerprint density at radius 1 is 1.25 bits per heavy atom. The van der Waals surface area contributed by atoms with Crippen LogP contribution in [0.2, 0.25) is 0 Å². The molecule has 0 radical (unpaired) electrons. The monoisotopic (exact) mass is 336 g/mol. The molecule has 0 bridgehead atoms. The maximum absolute atomic E-state index is 12.1. The van der Waals surface area contributed by atoms with Crippen LogP contribution in [0.4, 0.5) is 0 Å². The van der Waals surface area contributed by atoms with Crippen LogP contribution in [0.5, 0.6) is 0 Å². The van der Waals surface area contributed by atoms with Gasteiger partial charge in [0.2, 0.25) is 0 Å². The minimum atomic E-state index is -0.377. The Morgan fingerprint density at radius 3 is 2.75 bits per heavy atom. The van der Waals surface area contributed by atoms with Gasteiger partial charge in [-0.3, -0.25) is 14.6 Å². The van der Waals surface area contributed by atoms with E-state index >= 15 is 0 Å². The van der Waals surface area contributed by atoms with Gasteiger partial charge in [-0.2, -0.15) is 5.10 Å². The van der Waals surface area contributed by atoms with Gasteiger partial charge >= 0.3 is 0 Å². The number of rotatable bonds is 6. The lowest BCUT2D eigenvalue weighted by Gasteiger charge is -2.33. The summed E-state index contributed by atoms with van der Waals surface area (Å²) in [6.45, 7) is 8.90. The van der Waals surface area contributed by atoms with Crippen LogP contribution in [-0.4, -0.2) is 76.7 Å². The third kappa shape index (κ3) is 4.42. The fraction of sp³-hybridized carbons (Fsp3) is 0.765. The van der Waals surface area contributed by atoms with E-state index in [1.165, 1.54) is 0 Å². The van der Waals surface area contributed by atoms with Crippen LogP contribution in [0.3, 0.4) is 0 Å². The maximum atomic E-state index is 12.1. The molecule has 2 aliphatic rings. The summed E-state index contributed by atoms with van der Waals surface area (Å²) in [5, 5.41) is 14.9. The molecule has 3 heterocycles. The van der Waals surface area contributed by atoms with Gasteiger partial charge in [-0.1, -0.05) is 6.92 Å². The van der Waals surface area contributed by atoms with E-state index < -0.39 is 0 Å². The molecule has 0 aromatic carbocycles. The van der Waals surface area contributed by atoms with Crippen LogP contribution in [0.1, 0.15) is 24.6 Å². The quantitative estimate of drug-likeness (QED) is 0.769. The van der Waals surface area contributed by atoms with Crippen molar-refractivity contribution in [2.24, 2.45) is 0 Å². The number of aromatic nitrogens is 2. The number of aliphatic hydroxyl groups excluding tert-OH is 1. The molecule has 1 fully saturated rings. The summed E-state index contributed by atoms with van der Waals surface area (Å²) in [4.78, 5) is 16.6. The lowest BCUT2D eigenvalue weighted by atomic mass is 10.1. The topological polar surface area (TPSA) is 70.8 Å². The fourth-order valence-corrected chi connectivity index (χ4v) is 3.46. The van der Waals surface area contributed by atoms with Crippen molar-refractivity contribution in [1.82, 2.24) is 19.6 Å². The van der Waals surface area contributed by atoms with Gasteiger partial charge in [0, 0.05) is 58.3 Å². The first-order chi connectivity index (χ1) is 11.7. The van der Waals surface area contributed by atoms with Gasteiger partial charge in [0.25, 0.3) is 5.56 Å². The summed E-state index contributed by atoms with van der Waals surface area (Å²) >= 11 is 0. The minimum absolute atomic E-state index is 0.0219. The molecule has 1 aromatic rings. The van der Waals surface area contributed by atoms with Crippen molar-refractivity contribution < 1.29 is 9.84 Å². The Bertz CT molecular complexity index is 598. The predicted octanol–water partition coefficient (Wildman–Crippen LogP) is -0.295. The van der Waals surface area contributed by atoms with Crippen LogP contribution in [0.25, 0.3) is 0 Å². The van der Waals surface area contributed by atoms with E-state index in [2.05, 4.69) is 14.9 Å². The molecule has 2 aliphatic heterocycles. The number of hydrogen-bond acceptors (Lipinski definition) is 6. The zero-order valence-corrected chi connectivity index (χ0v) is 14.5. The normalized spacial score (nSPS) is 20.8. The molecular weight excluding hydrogens is 308 g/mol. The molecule has 3 rings (SSSR count). The number of ether oxygens (including phenoxy) is 1. The van der Waals surface area contributed by atoms with Crippen molar-refractivity contribution in [3.05, 3.63) is 27.7 Å². The molecule has 0 aliphatic carbocycles. The number of aryl methyl sites for hydroxylation is 1. The third-order valence-electron chi connectivity index (χ3n) is 4.70.